The summed E-state index contributed by atoms with van der Waals surface area (Å²) in [5.74, 6) is -1.03. The minimum absolute atomic E-state index is 0.201. The average Bonchev–Trinajstić information content (AvgIpc) is 3.07. The van der Waals surface area contributed by atoms with Gasteiger partial charge in [0.15, 0.2) is 5.17 Å². The van der Waals surface area contributed by atoms with Gasteiger partial charge in [0.25, 0.3) is 5.91 Å². The van der Waals surface area contributed by atoms with Crippen LogP contribution in [-0.2, 0) is 14.3 Å². The molecule has 0 spiro atoms. The van der Waals surface area contributed by atoms with Crippen LogP contribution in [0.1, 0.15) is 11.1 Å². The Labute approximate surface area is 165 Å². The van der Waals surface area contributed by atoms with Crippen molar-refractivity contribution in [2.24, 2.45) is 10.2 Å². The highest BCUT2D eigenvalue weighted by molar-refractivity contribution is 8.18. The van der Waals surface area contributed by atoms with Crippen molar-refractivity contribution in [1.82, 2.24) is 5.32 Å². The van der Waals surface area contributed by atoms with Gasteiger partial charge in [-0.05, 0) is 40.6 Å². The summed E-state index contributed by atoms with van der Waals surface area (Å²) in [5, 5.41) is 19.6. The molecule has 28 heavy (non-hydrogen) atoms. The zero-order chi connectivity index (χ0) is 19.9. The summed E-state index contributed by atoms with van der Waals surface area (Å²) in [4.78, 5) is 23.1. The monoisotopic (exact) mass is 390 g/mol. The van der Waals surface area contributed by atoms with Crippen LogP contribution in [0.3, 0.4) is 0 Å². The summed E-state index contributed by atoms with van der Waals surface area (Å²) in [6.45, 7) is 0. The fraction of sp³-hybridized carbons (Fsp3) is 0.0500. The summed E-state index contributed by atoms with van der Waals surface area (Å²) < 4.78 is 4.50. The number of carbonyl (C=O) groups is 2. The Balaban J connectivity index is 1.66. The lowest BCUT2D eigenvalue weighted by Gasteiger charge is -2.02. The number of amides is 1. The lowest BCUT2D eigenvalue weighted by molar-refractivity contribution is -0.135. The molecule has 0 radical (unpaired) electrons. The first kappa shape index (κ1) is 19.1. The average molecular weight is 390 g/mol. The topological polar surface area (TPSA) is 104 Å². The zero-order valence-electron chi connectivity index (χ0n) is 14.7. The molecule has 0 bridgehead atoms. The largest absolute Gasteiger partial charge is 0.466 e. The zero-order valence-corrected chi connectivity index (χ0v) is 15.6. The second-order valence-corrected chi connectivity index (χ2v) is 6.58. The van der Waals surface area contributed by atoms with Crippen LogP contribution in [0, 0.1) is 11.3 Å². The minimum atomic E-state index is -0.607. The highest BCUT2D eigenvalue weighted by atomic mass is 32.2. The third-order valence-electron chi connectivity index (χ3n) is 3.71. The van der Waals surface area contributed by atoms with E-state index >= 15 is 0 Å². The van der Waals surface area contributed by atoms with E-state index in [2.05, 4.69) is 26.3 Å². The predicted octanol–water partition coefficient (Wildman–Crippen LogP) is 2.84. The van der Waals surface area contributed by atoms with Gasteiger partial charge in [-0.25, -0.2) is 4.79 Å². The van der Waals surface area contributed by atoms with Crippen LogP contribution in [0.15, 0.2) is 69.7 Å². The van der Waals surface area contributed by atoms with Gasteiger partial charge in [-0.1, -0.05) is 36.4 Å². The first-order chi connectivity index (χ1) is 13.6. The van der Waals surface area contributed by atoms with Crippen LogP contribution in [0.2, 0.25) is 0 Å². The molecule has 1 aliphatic rings. The van der Waals surface area contributed by atoms with Gasteiger partial charge in [0.05, 0.1) is 29.9 Å². The normalized spacial score (nSPS) is 16.4. The Bertz CT molecular complexity index is 1030. The second-order valence-electron chi connectivity index (χ2n) is 5.55. The number of hydrogen-bond donors (Lipinski definition) is 1. The number of ether oxygens (including phenoxy) is 1. The molecule has 1 heterocycles. The van der Waals surface area contributed by atoms with Crippen molar-refractivity contribution in [3.8, 4) is 17.2 Å². The number of nitrogens with one attached hydrogen (secondary N) is 1. The molecule has 0 saturated carbocycles. The van der Waals surface area contributed by atoms with Crippen molar-refractivity contribution in [1.29, 1.82) is 5.26 Å². The number of benzene rings is 2. The number of nitrogens with zero attached hydrogens (tertiary/aromatic N) is 3. The molecule has 1 amide bonds. The van der Waals surface area contributed by atoms with Gasteiger partial charge in [-0.2, -0.15) is 10.4 Å². The fourth-order valence-corrected chi connectivity index (χ4v) is 3.03. The van der Waals surface area contributed by atoms with Crippen molar-refractivity contribution < 1.29 is 14.3 Å². The first-order valence-corrected chi connectivity index (χ1v) is 8.91. The van der Waals surface area contributed by atoms with Crippen molar-refractivity contribution in [3.63, 3.8) is 0 Å². The number of hydrogen-bond acceptors (Lipinski definition) is 7. The van der Waals surface area contributed by atoms with E-state index in [9.17, 15) is 9.59 Å². The maximum Gasteiger partial charge on any atom is 0.331 e. The predicted molar refractivity (Wildman–Crippen MR) is 107 cm³/mol. The highest BCUT2D eigenvalue weighted by Gasteiger charge is 2.24. The maximum atomic E-state index is 11.7. The molecule has 2 aromatic carbocycles. The first-order valence-electron chi connectivity index (χ1n) is 8.09. The van der Waals surface area contributed by atoms with Gasteiger partial charge < -0.3 is 4.74 Å². The van der Waals surface area contributed by atoms with Gasteiger partial charge in [0.2, 0.25) is 0 Å². The van der Waals surface area contributed by atoms with Gasteiger partial charge in [-0.3, -0.25) is 10.1 Å². The Morgan fingerprint density at radius 1 is 1.14 bits per heavy atom. The lowest BCUT2D eigenvalue weighted by atomic mass is 10.0. The Kier molecular flexibility index (Phi) is 5.99. The van der Waals surface area contributed by atoms with E-state index in [0.717, 1.165) is 34.5 Å². The molecule has 138 valence electrons. The van der Waals surface area contributed by atoms with E-state index in [1.807, 2.05) is 36.4 Å². The van der Waals surface area contributed by atoms with E-state index in [-0.39, 0.29) is 10.1 Å². The van der Waals surface area contributed by atoms with Crippen molar-refractivity contribution in [3.05, 3.63) is 70.6 Å². The van der Waals surface area contributed by atoms with Gasteiger partial charge in [0, 0.05) is 6.08 Å². The standard InChI is InChI=1S/C20H14N4O3S/c1-27-18(25)10-17-19(26)23-20(28-17)24-22-12-14-4-8-16(9-5-14)15-6-2-13(11-21)3-7-15/h2-10,12H,1H3,(H,23,24,26)/b17-10+,22-12?. The van der Waals surface area contributed by atoms with E-state index in [4.69, 9.17) is 5.26 Å². The van der Waals surface area contributed by atoms with E-state index in [1.54, 1.807) is 18.3 Å². The summed E-state index contributed by atoms with van der Waals surface area (Å²) in [6.07, 6.45) is 2.67. The molecular weight excluding hydrogens is 376 g/mol. The van der Waals surface area contributed by atoms with E-state index in [0.29, 0.717) is 5.56 Å². The molecule has 1 saturated heterocycles. The quantitative estimate of drug-likeness (QED) is 0.374. The number of amidine groups is 1. The summed E-state index contributed by atoms with van der Waals surface area (Å²) in [5.41, 5.74) is 3.48. The molecular formula is C20H14N4O3S. The van der Waals surface area contributed by atoms with Gasteiger partial charge in [-0.15, -0.1) is 5.10 Å². The molecule has 3 rings (SSSR count). The molecule has 2 aromatic rings. The summed E-state index contributed by atoms with van der Waals surface area (Å²) in [6, 6.07) is 17.1. The molecule has 8 heteroatoms. The molecule has 0 atom stereocenters. The van der Waals surface area contributed by atoms with Gasteiger partial charge >= 0.3 is 5.97 Å². The third kappa shape index (κ3) is 4.72. The van der Waals surface area contributed by atoms with Crippen LogP contribution < -0.4 is 5.32 Å². The fourth-order valence-electron chi connectivity index (χ4n) is 2.29. The Morgan fingerprint density at radius 2 is 1.79 bits per heavy atom. The number of rotatable bonds is 4. The van der Waals surface area contributed by atoms with Crippen molar-refractivity contribution in [2.75, 3.05) is 7.11 Å². The molecule has 1 N–H and O–H groups in total. The van der Waals surface area contributed by atoms with Crippen LogP contribution in [-0.4, -0.2) is 30.4 Å². The van der Waals surface area contributed by atoms with Crippen molar-refractivity contribution in [2.45, 2.75) is 0 Å². The molecule has 0 aliphatic carbocycles. The minimum Gasteiger partial charge on any atom is -0.466 e. The van der Waals surface area contributed by atoms with Crippen molar-refractivity contribution >= 4 is 35.0 Å². The molecule has 7 nitrogen and oxygen atoms in total. The number of carbonyl (C=O) groups excluding carboxylic acids is 2. The molecule has 0 unspecified atom stereocenters. The van der Waals surface area contributed by atoms with Crippen LogP contribution in [0.4, 0.5) is 0 Å². The second kappa shape index (κ2) is 8.79. The molecule has 1 fully saturated rings. The van der Waals surface area contributed by atoms with Crippen LogP contribution in [0.5, 0.6) is 0 Å². The SMILES string of the molecule is COC(=O)/C=C1/S/C(=N\N=Cc2ccc(-c3ccc(C#N)cc3)cc2)NC1=O. The number of nitriles is 1. The summed E-state index contributed by atoms with van der Waals surface area (Å²) in [7, 11) is 1.24. The smallest absolute Gasteiger partial charge is 0.331 e. The maximum absolute atomic E-state index is 11.7. The number of methoxy groups -OCH3 is 1. The molecule has 1 aliphatic heterocycles. The lowest BCUT2D eigenvalue weighted by Crippen LogP contribution is -2.19. The van der Waals surface area contributed by atoms with Gasteiger partial charge in [0.1, 0.15) is 0 Å². The molecule has 0 aromatic heterocycles. The van der Waals surface area contributed by atoms with E-state index in [1.165, 1.54) is 7.11 Å². The van der Waals surface area contributed by atoms with Crippen LogP contribution >= 0.6 is 11.8 Å². The Morgan fingerprint density at radius 3 is 2.39 bits per heavy atom. The van der Waals surface area contributed by atoms with E-state index < -0.39 is 11.9 Å². The highest BCUT2D eigenvalue weighted by Crippen LogP contribution is 2.23. The van der Waals surface area contributed by atoms with Crippen LogP contribution in [0.25, 0.3) is 11.1 Å². The Hall–Kier alpha value is -3.70. The summed E-state index contributed by atoms with van der Waals surface area (Å²) >= 11 is 1.01. The number of esters is 1. The third-order valence-corrected chi connectivity index (χ3v) is 4.61. The number of thioether (sulfide) groups is 1.